The van der Waals surface area contributed by atoms with Crippen molar-refractivity contribution in [2.24, 2.45) is 0 Å². The molecule has 1 rings (SSSR count). The SMILES string of the molecule is CC(C)(C)[Si](C)(C)Oc1cc(N)ccc1C(=O)O. The van der Waals surface area contributed by atoms with Crippen LogP contribution in [-0.4, -0.2) is 19.4 Å². The standard InChI is InChI=1S/C13H21NO3Si/c1-13(2,3)18(4,5)17-11-8-9(14)6-7-10(11)12(15)16/h6-8H,14H2,1-5H3,(H,15,16). The van der Waals surface area contributed by atoms with Crippen molar-refractivity contribution in [1.29, 1.82) is 0 Å². The normalized spacial score (nSPS) is 12.3. The molecule has 0 spiro atoms. The number of carboxylic acid groups (broad SMARTS) is 1. The lowest BCUT2D eigenvalue weighted by molar-refractivity contribution is 0.0694. The zero-order valence-corrected chi connectivity index (χ0v) is 12.6. The van der Waals surface area contributed by atoms with E-state index in [4.69, 9.17) is 15.3 Å². The molecule has 0 fully saturated rings. The molecule has 0 aliphatic rings. The van der Waals surface area contributed by atoms with Crippen LogP contribution in [0.15, 0.2) is 18.2 Å². The Balaban J connectivity index is 3.18. The van der Waals surface area contributed by atoms with Crippen LogP contribution in [-0.2, 0) is 0 Å². The average Bonchev–Trinajstić information content (AvgIpc) is 2.14. The first-order chi connectivity index (χ1) is 8.04. The molecule has 0 saturated carbocycles. The first kappa shape index (κ1) is 14.6. The van der Waals surface area contributed by atoms with E-state index in [-0.39, 0.29) is 10.6 Å². The number of carbonyl (C=O) groups is 1. The topological polar surface area (TPSA) is 72.5 Å². The van der Waals surface area contributed by atoms with E-state index < -0.39 is 14.3 Å². The maximum Gasteiger partial charge on any atom is 0.339 e. The second-order valence-corrected chi connectivity index (χ2v) is 10.6. The number of rotatable bonds is 3. The number of nitrogens with two attached hydrogens (primary N) is 1. The number of benzene rings is 1. The summed E-state index contributed by atoms with van der Waals surface area (Å²) in [5.41, 5.74) is 6.37. The molecule has 4 nitrogen and oxygen atoms in total. The van der Waals surface area contributed by atoms with E-state index in [0.717, 1.165) is 0 Å². The Hall–Kier alpha value is -1.49. The predicted molar refractivity (Wildman–Crippen MR) is 75.6 cm³/mol. The summed E-state index contributed by atoms with van der Waals surface area (Å²) >= 11 is 0. The molecule has 0 heterocycles. The highest BCUT2D eigenvalue weighted by Gasteiger charge is 2.39. The van der Waals surface area contributed by atoms with Gasteiger partial charge in [0.15, 0.2) is 0 Å². The van der Waals surface area contributed by atoms with Crippen molar-refractivity contribution in [3.63, 3.8) is 0 Å². The van der Waals surface area contributed by atoms with Crippen LogP contribution in [0.3, 0.4) is 0 Å². The Morgan fingerprint density at radius 3 is 2.33 bits per heavy atom. The van der Waals surface area contributed by atoms with Crippen LogP contribution in [0.5, 0.6) is 5.75 Å². The van der Waals surface area contributed by atoms with E-state index in [1.165, 1.54) is 6.07 Å². The molecule has 0 amide bonds. The molecule has 100 valence electrons. The minimum Gasteiger partial charge on any atom is -0.543 e. The van der Waals surface area contributed by atoms with Crippen molar-refractivity contribution in [3.05, 3.63) is 23.8 Å². The summed E-state index contributed by atoms with van der Waals surface area (Å²) < 4.78 is 6.02. The van der Waals surface area contributed by atoms with E-state index in [9.17, 15) is 4.79 Å². The fourth-order valence-corrected chi connectivity index (χ4v) is 2.25. The summed E-state index contributed by atoms with van der Waals surface area (Å²) in [7, 11) is -2.06. The third kappa shape index (κ3) is 3.04. The van der Waals surface area contributed by atoms with Crippen LogP contribution in [0, 0.1) is 0 Å². The van der Waals surface area contributed by atoms with E-state index in [2.05, 4.69) is 33.9 Å². The molecule has 5 heteroatoms. The van der Waals surface area contributed by atoms with Gasteiger partial charge in [-0.25, -0.2) is 4.79 Å². The third-order valence-corrected chi connectivity index (χ3v) is 7.75. The number of nitrogen functional groups attached to an aromatic ring is 1. The molecule has 0 aliphatic heterocycles. The molecule has 0 unspecified atom stereocenters. The van der Waals surface area contributed by atoms with Crippen molar-refractivity contribution >= 4 is 20.0 Å². The minimum absolute atomic E-state index is 0.00732. The summed E-state index contributed by atoms with van der Waals surface area (Å²) in [6.45, 7) is 10.5. The van der Waals surface area contributed by atoms with Crippen molar-refractivity contribution in [3.8, 4) is 5.75 Å². The summed E-state index contributed by atoms with van der Waals surface area (Å²) in [4.78, 5) is 11.2. The second-order valence-electron chi connectivity index (χ2n) is 5.92. The maximum absolute atomic E-state index is 11.2. The van der Waals surface area contributed by atoms with Crippen molar-refractivity contribution in [2.45, 2.75) is 38.9 Å². The molecule has 0 aromatic heterocycles. The molecule has 0 aliphatic carbocycles. The van der Waals surface area contributed by atoms with E-state index in [1.807, 2.05) is 0 Å². The van der Waals surface area contributed by atoms with Crippen molar-refractivity contribution < 1.29 is 14.3 Å². The first-order valence-corrected chi connectivity index (χ1v) is 8.77. The van der Waals surface area contributed by atoms with Crippen LogP contribution in [0.25, 0.3) is 0 Å². The number of anilines is 1. The molecular weight excluding hydrogens is 246 g/mol. The fourth-order valence-electron chi connectivity index (χ4n) is 1.23. The van der Waals surface area contributed by atoms with Gasteiger partial charge in [0.05, 0.1) is 0 Å². The molecule has 1 aromatic rings. The van der Waals surface area contributed by atoms with Crippen LogP contribution in [0.4, 0.5) is 5.69 Å². The van der Waals surface area contributed by atoms with Crippen LogP contribution in [0.1, 0.15) is 31.1 Å². The molecule has 1 aromatic carbocycles. The van der Waals surface area contributed by atoms with Gasteiger partial charge in [0.2, 0.25) is 0 Å². The van der Waals surface area contributed by atoms with Gasteiger partial charge in [-0.1, -0.05) is 20.8 Å². The minimum atomic E-state index is -2.06. The summed E-state index contributed by atoms with van der Waals surface area (Å²) in [5.74, 6) is -0.627. The molecule has 0 atom stereocenters. The number of aromatic carboxylic acids is 1. The van der Waals surface area contributed by atoms with Crippen molar-refractivity contribution in [2.75, 3.05) is 5.73 Å². The average molecular weight is 267 g/mol. The molecule has 3 N–H and O–H groups in total. The van der Waals surface area contributed by atoms with Gasteiger partial charge in [-0.3, -0.25) is 0 Å². The Morgan fingerprint density at radius 1 is 1.33 bits per heavy atom. The van der Waals surface area contributed by atoms with Gasteiger partial charge in [-0.05, 0) is 30.3 Å². The second kappa shape index (κ2) is 4.64. The predicted octanol–water partition coefficient (Wildman–Crippen LogP) is 3.35. The van der Waals surface area contributed by atoms with Crippen LogP contribution < -0.4 is 10.2 Å². The maximum atomic E-state index is 11.2. The van der Waals surface area contributed by atoms with Gasteiger partial charge in [0, 0.05) is 11.8 Å². The van der Waals surface area contributed by atoms with E-state index in [0.29, 0.717) is 11.4 Å². The Kier molecular flexibility index (Phi) is 3.76. The number of hydrogen-bond donors (Lipinski definition) is 2. The van der Waals surface area contributed by atoms with Crippen LogP contribution >= 0.6 is 0 Å². The zero-order chi connectivity index (χ0) is 14.1. The van der Waals surface area contributed by atoms with E-state index >= 15 is 0 Å². The number of hydrogen-bond acceptors (Lipinski definition) is 3. The monoisotopic (exact) mass is 267 g/mol. The van der Waals surface area contributed by atoms with Crippen molar-refractivity contribution in [1.82, 2.24) is 0 Å². The molecule has 0 radical (unpaired) electrons. The first-order valence-electron chi connectivity index (χ1n) is 5.86. The number of carboxylic acids is 1. The molecule has 0 bridgehead atoms. The van der Waals surface area contributed by atoms with Gasteiger partial charge in [-0.15, -0.1) is 0 Å². The van der Waals surface area contributed by atoms with Crippen LogP contribution in [0.2, 0.25) is 18.1 Å². The Labute approximate surface area is 109 Å². The summed E-state index contributed by atoms with van der Waals surface area (Å²) in [6.07, 6.45) is 0. The quantitative estimate of drug-likeness (QED) is 0.650. The molecule has 0 saturated heterocycles. The molecule has 18 heavy (non-hydrogen) atoms. The fraction of sp³-hybridized carbons (Fsp3) is 0.462. The highest BCUT2D eigenvalue weighted by molar-refractivity contribution is 6.74. The largest absolute Gasteiger partial charge is 0.543 e. The smallest absolute Gasteiger partial charge is 0.339 e. The summed E-state index contributed by atoms with van der Waals surface area (Å²) in [6, 6.07) is 4.64. The Bertz CT molecular complexity index is 464. The van der Waals surface area contributed by atoms with Gasteiger partial charge in [0.1, 0.15) is 11.3 Å². The molecular formula is C13H21NO3Si. The van der Waals surface area contributed by atoms with Gasteiger partial charge in [0.25, 0.3) is 8.32 Å². The van der Waals surface area contributed by atoms with Gasteiger partial charge >= 0.3 is 5.97 Å². The van der Waals surface area contributed by atoms with E-state index in [1.54, 1.807) is 12.1 Å². The van der Waals surface area contributed by atoms with Gasteiger partial charge in [-0.2, -0.15) is 0 Å². The summed E-state index contributed by atoms with van der Waals surface area (Å²) in [5, 5.41) is 9.16. The Morgan fingerprint density at radius 2 is 1.89 bits per heavy atom. The lowest BCUT2D eigenvalue weighted by Gasteiger charge is -2.36. The third-order valence-electron chi connectivity index (χ3n) is 3.41. The van der Waals surface area contributed by atoms with Gasteiger partial charge < -0.3 is 15.3 Å². The highest BCUT2D eigenvalue weighted by Crippen LogP contribution is 2.38. The lowest BCUT2D eigenvalue weighted by atomic mass is 10.2. The highest BCUT2D eigenvalue weighted by atomic mass is 28.4. The zero-order valence-electron chi connectivity index (χ0n) is 11.6. The lowest BCUT2D eigenvalue weighted by Crippen LogP contribution is -2.44.